The molecule has 1 spiro atoms. The molecule has 3 rings (SSSR count). The molecule has 1 fully saturated rings. The zero-order valence-electron chi connectivity index (χ0n) is 11.7. The van der Waals surface area contributed by atoms with Crippen LogP contribution >= 0.6 is 0 Å². The Balaban J connectivity index is 1.73. The van der Waals surface area contributed by atoms with Gasteiger partial charge >= 0.3 is 0 Å². The number of nitrogens with zero attached hydrogens (tertiary/aromatic N) is 1. The van der Waals surface area contributed by atoms with E-state index in [0.29, 0.717) is 0 Å². The fraction of sp³-hybridized carbons (Fsp3) is 0.600. The van der Waals surface area contributed by atoms with E-state index >= 15 is 0 Å². The van der Waals surface area contributed by atoms with E-state index in [1.54, 1.807) is 7.11 Å². The van der Waals surface area contributed by atoms with Gasteiger partial charge in [-0.15, -0.1) is 0 Å². The molecule has 0 unspecified atom stereocenters. The molecule has 2 heterocycles. The molecule has 0 saturated carbocycles. The van der Waals surface area contributed by atoms with Gasteiger partial charge in [0.2, 0.25) is 0 Å². The summed E-state index contributed by atoms with van der Waals surface area (Å²) >= 11 is 0. The summed E-state index contributed by atoms with van der Waals surface area (Å²) in [7, 11) is 3.83. The predicted octanol–water partition coefficient (Wildman–Crippen LogP) is 1.74. The molecule has 2 aliphatic rings. The van der Waals surface area contributed by atoms with Gasteiger partial charge in [0.05, 0.1) is 7.11 Å². The highest BCUT2D eigenvalue weighted by Gasteiger charge is 2.41. The van der Waals surface area contributed by atoms with E-state index in [9.17, 15) is 0 Å². The number of nitrogens with one attached hydrogen (secondary N) is 1. The van der Waals surface area contributed by atoms with Gasteiger partial charge in [0.25, 0.3) is 0 Å². The van der Waals surface area contributed by atoms with Crippen LogP contribution in [0.3, 0.4) is 0 Å². The monoisotopic (exact) mass is 262 g/mol. The standard InChI is InChI=1S/C15H22N2O2/c1-17-7-5-15(6-8-17)10-13-9-12(11-16-18-2)3-4-14(13)19-15/h3-4,9,16H,5-8,10-11H2,1-2H3. The normalized spacial score (nSPS) is 21.4. The Bertz CT molecular complexity index is 453. The number of hydrogen-bond donors (Lipinski definition) is 1. The molecule has 0 radical (unpaired) electrons. The van der Waals surface area contributed by atoms with Crippen molar-refractivity contribution in [3.63, 3.8) is 0 Å². The average molecular weight is 262 g/mol. The SMILES string of the molecule is CONCc1ccc2c(c1)CC1(CCN(C)CC1)O2. The summed E-state index contributed by atoms with van der Waals surface area (Å²) in [6.07, 6.45) is 3.31. The fourth-order valence-corrected chi connectivity index (χ4v) is 3.06. The van der Waals surface area contributed by atoms with Gasteiger partial charge in [0, 0.05) is 38.9 Å². The second-order valence-corrected chi connectivity index (χ2v) is 5.73. The van der Waals surface area contributed by atoms with Crippen LogP contribution in [0, 0.1) is 0 Å². The Morgan fingerprint density at radius 1 is 1.37 bits per heavy atom. The molecule has 1 N–H and O–H groups in total. The van der Waals surface area contributed by atoms with Crippen LogP contribution < -0.4 is 10.2 Å². The molecule has 1 aromatic carbocycles. The Kier molecular flexibility index (Phi) is 3.48. The van der Waals surface area contributed by atoms with Crippen LogP contribution in [0.4, 0.5) is 0 Å². The molecule has 4 nitrogen and oxygen atoms in total. The highest BCUT2D eigenvalue weighted by atomic mass is 16.6. The van der Waals surface area contributed by atoms with Crippen molar-refractivity contribution in [1.82, 2.24) is 10.4 Å². The molecular weight excluding hydrogens is 240 g/mol. The van der Waals surface area contributed by atoms with Gasteiger partial charge in [-0.2, -0.15) is 5.48 Å². The van der Waals surface area contributed by atoms with Crippen LogP contribution in [-0.4, -0.2) is 37.7 Å². The van der Waals surface area contributed by atoms with Crippen molar-refractivity contribution in [3.05, 3.63) is 29.3 Å². The number of hydroxylamine groups is 1. The first-order chi connectivity index (χ1) is 9.21. The van der Waals surface area contributed by atoms with Gasteiger partial charge < -0.3 is 14.5 Å². The van der Waals surface area contributed by atoms with Crippen molar-refractivity contribution in [3.8, 4) is 5.75 Å². The molecule has 0 aliphatic carbocycles. The van der Waals surface area contributed by atoms with Crippen molar-refractivity contribution < 1.29 is 9.57 Å². The van der Waals surface area contributed by atoms with E-state index in [4.69, 9.17) is 9.57 Å². The van der Waals surface area contributed by atoms with Crippen LogP contribution in [0.5, 0.6) is 5.75 Å². The predicted molar refractivity (Wildman–Crippen MR) is 74.1 cm³/mol. The average Bonchev–Trinajstić information content (AvgIpc) is 2.77. The molecule has 0 amide bonds. The minimum absolute atomic E-state index is 0.0577. The Labute approximate surface area is 114 Å². The summed E-state index contributed by atoms with van der Waals surface area (Å²) in [5.41, 5.74) is 5.53. The largest absolute Gasteiger partial charge is 0.487 e. The van der Waals surface area contributed by atoms with Gasteiger partial charge in [0.15, 0.2) is 0 Å². The van der Waals surface area contributed by atoms with E-state index in [-0.39, 0.29) is 5.60 Å². The highest BCUT2D eigenvalue weighted by molar-refractivity contribution is 5.42. The van der Waals surface area contributed by atoms with E-state index < -0.39 is 0 Å². The smallest absolute Gasteiger partial charge is 0.123 e. The van der Waals surface area contributed by atoms with Crippen LogP contribution in [0.2, 0.25) is 0 Å². The first kappa shape index (κ1) is 12.9. The maximum atomic E-state index is 6.26. The number of hydrogen-bond acceptors (Lipinski definition) is 4. The first-order valence-electron chi connectivity index (χ1n) is 6.96. The lowest BCUT2D eigenvalue weighted by molar-refractivity contribution is 0.0271. The first-order valence-corrected chi connectivity index (χ1v) is 6.96. The number of ether oxygens (including phenoxy) is 1. The molecule has 1 aromatic rings. The number of benzene rings is 1. The van der Waals surface area contributed by atoms with Gasteiger partial charge in [-0.05, 0) is 24.2 Å². The van der Waals surface area contributed by atoms with E-state index in [2.05, 4.69) is 35.6 Å². The van der Waals surface area contributed by atoms with Crippen molar-refractivity contribution >= 4 is 0 Å². The second-order valence-electron chi connectivity index (χ2n) is 5.73. The topological polar surface area (TPSA) is 33.7 Å². The molecule has 104 valence electrons. The molecule has 0 bridgehead atoms. The quantitative estimate of drug-likeness (QED) is 0.841. The van der Waals surface area contributed by atoms with E-state index in [0.717, 1.165) is 44.6 Å². The fourth-order valence-electron chi connectivity index (χ4n) is 3.06. The molecule has 2 aliphatic heterocycles. The summed E-state index contributed by atoms with van der Waals surface area (Å²) in [6, 6.07) is 6.46. The molecule has 1 saturated heterocycles. The highest BCUT2D eigenvalue weighted by Crippen LogP contribution is 2.41. The van der Waals surface area contributed by atoms with Crippen molar-refractivity contribution in [2.24, 2.45) is 0 Å². The third-order valence-corrected chi connectivity index (χ3v) is 4.28. The van der Waals surface area contributed by atoms with Gasteiger partial charge in [-0.25, -0.2) is 0 Å². The zero-order chi connectivity index (χ0) is 13.3. The minimum atomic E-state index is 0.0577. The summed E-state index contributed by atoms with van der Waals surface area (Å²) in [6.45, 7) is 3.00. The molecule has 0 aromatic heterocycles. The third kappa shape index (κ3) is 2.61. The minimum Gasteiger partial charge on any atom is -0.487 e. The van der Waals surface area contributed by atoms with Crippen molar-refractivity contribution in [2.75, 3.05) is 27.2 Å². The Morgan fingerprint density at radius 2 is 2.16 bits per heavy atom. The Hall–Kier alpha value is -1.10. The molecular formula is C15H22N2O2. The number of likely N-dealkylation sites (tertiary alicyclic amines) is 1. The van der Waals surface area contributed by atoms with E-state index in [1.807, 2.05) is 0 Å². The Morgan fingerprint density at radius 3 is 2.89 bits per heavy atom. The van der Waals surface area contributed by atoms with Crippen LogP contribution in [0.15, 0.2) is 18.2 Å². The van der Waals surface area contributed by atoms with Crippen molar-refractivity contribution in [1.29, 1.82) is 0 Å². The number of fused-ring (bicyclic) bond motifs is 1. The lowest BCUT2D eigenvalue weighted by Crippen LogP contribution is -2.45. The second kappa shape index (κ2) is 5.12. The van der Waals surface area contributed by atoms with Gasteiger partial charge in [0.1, 0.15) is 11.4 Å². The summed E-state index contributed by atoms with van der Waals surface area (Å²) in [5, 5.41) is 0. The van der Waals surface area contributed by atoms with Gasteiger partial charge in [-0.3, -0.25) is 0 Å². The van der Waals surface area contributed by atoms with Crippen LogP contribution in [0.1, 0.15) is 24.0 Å². The summed E-state index contributed by atoms with van der Waals surface area (Å²) in [4.78, 5) is 7.28. The lowest BCUT2D eigenvalue weighted by Gasteiger charge is -2.37. The van der Waals surface area contributed by atoms with Crippen molar-refractivity contribution in [2.45, 2.75) is 31.4 Å². The van der Waals surface area contributed by atoms with Crippen LogP contribution in [0.25, 0.3) is 0 Å². The maximum Gasteiger partial charge on any atom is 0.123 e. The summed E-state index contributed by atoms with van der Waals surface area (Å²) in [5.74, 6) is 1.07. The molecule has 19 heavy (non-hydrogen) atoms. The third-order valence-electron chi connectivity index (χ3n) is 4.28. The zero-order valence-corrected chi connectivity index (χ0v) is 11.7. The molecule has 4 heteroatoms. The number of piperidine rings is 1. The number of rotatable bonds is 3. The molecule has 0 atom stereocenters. The lowest BCUT2D eigenvalue weighted by atomic mass is 9.87. The summed E-state index contributed by atoms with van der Waals surface area (Å²) < 4.78 is 6.26. The van der Waals surface area contributed by atoms with Gasteiger partial charge in [-0.1, -0.05) is 12.1 Å². The van der Waals surface area contributed by atoms with Crippen LogP contribution in [-0.2, 0) is 17.8 Å². The van der Waals surface area contributed by atoms with E-state index in [1.165, 1.54) is 11.1 Å². The maximum absolute atomic E-state index is 6.26.